The molecule has 4 aromatic rings. The minimum atomic E-state index is -0.816. The zero-order valence-corrected chi connectivity index (χ0v) is 22.7. The molecule has 2 aromatic carbocycles. The van der Waals surface area contributed by atoms with Crippen LogP contribution < -0.4 is 15.0 Å². The Kier molecular flexibility index (Phi) is 7.39. The molecule has 1 aliphatic rings. The summed E-state index contributed by atoms with van der Waals surface area (Å²) >= 11 is 6.23. The molecule has 2 aromatic heterocycles. The molecule has 0 saturated carbocycles. The number of carbonyl (C=O) groups is 2. The smallest absolute Gasteiger partial charge is 0.306 e. The van der Waals surface area contributed by atoms with Crippen LogP contribution >= 0.6 is 11.6 Å². The van der Waals surface area contributed by atoms with Crippen LogP contribution in [0.25, 0.3) is 10.8 Å². The predicted molar refractivity (Wildman–Crippen MR) is 153 cm³/mol. The average molecular weight is 545 g/mol. The molecule has 0 radical (unpaired) electrons. The normalized spacial score (nSPS) is 13.3. The maximum Gasteiger partial charge on any atom is 0.306 e. The van der Waals surface area contributed by atoms with Gasteiger partial charge in [0.05, 0.1) is 23.8 Å². The second-order valence-corrected chi connectivity index (χ2v) is 10.1. The van der Waals surface area contributed by atoms with Gasteiger partial charge in [-0.15, -0.1) is 0 Å². The third kappa shape index (κ3) is 5.25. The minimum Gasteiger partial charge on any atom is -0.493 e. The van der Waals surface area contributed by atoms with Crippen molar-refractivity contribution < 1.29 is 19.4 Å². The van der Waals surface area contributed by atoms with Crippen LogP contribution in [0.3, 0.4) is 0 Å². The number of aryl methyl sites for hydroxylation is 1. The molecule has 39 heavy (non-hydrogen) atoms. The average Bonchev–Trinajstić information content (AvgIpc) is 3.03. The number of rotatable bonds is 8. The fourth-order valence-electron chi connectivity index (χ4n) is 4.90. The van der Waals surface area contributed by atoms with E-state index < -0.39 is 11.9 Å². The molecule has 1 unspecified atom stereocenters. The lowest BCUT2D eigenvalue weighted by Gasteiger charge is -2.23. The van der Waals surface area contributed by atoms with Crippen molar-refractivity contribution in [1.29, 1.82) is 0 Å². The summed E-state index contributed by atoms with van der Waals surface area (Å²) in [5.74, 6) is 0.288. The second kappa shape index (κ2) is 10.9. The summed E-state index contributed by atoms with van der Waals surface area (Å²) in [7, 11) is 0. The Labute approximate surface area is 231 Å². The fourth-order valence-corrected chi connectivity index (χ4v) is 5.14. The first-order valence-corrected chi connectivity index (χ1v) is 13.3. The van der Waals surface area contributed by atoms with Gasteiger partial charge in [0.15, 0.2) is 5.82 Å². The lowest BCUT2D eigenvalue weighted by Crippen LogP contribution is -2.20. The molecule has 8 nitrogen and oxygen atoms in total. The van der Waals surface area contributed by atoms with Gasteiger partial charge in [0, 0.05) is 24.5 Å². The summed E-state index contributed by atoms with van der Waals surface area (Å²) in [5, 5.41) is 14.6. The Hall–Kier alpha value is -4.17. The lowest BCUT2D eigenvalue weighted by atomic mass is 9.95. The van der Waals surface area contributed by atoms with Crippen molar-refractivity contribution in [1.82, 2.24) is 9.97 Å². The number of ether oxygens (including phenoxy) is 1. The van der Waals surface area contributed by atoms with Crippen molar-refractivity contribution in [3.05, 3.63) is 82.1 Å². The number of aromatic nitrogens is 2. The summed E-state index contributed by atoms with van der Waals surface area (Å²) in [6.45, 7) is 6.51. The standard InChI is InChI=1S/C30H29ClN4O4/c1-4-35-27-23(29(36)34-26-17(2)14-25(31)33-28(26)35)15-19(16-32-27)11-12-39-24-10-9-20(13-18(3)30(37)38)21-7-5-6-8-22(21)24/h5-10,14-16,18H,4,11-13H2,1-3H3,(H,34,36)(H,37,38). The van der Waals surface area contributed by atoms with E-state index in [1.165, 1.54) is 0 Å². The second-order valence-electron chi connectivity index (χ2n) is 9.68. The van der Waals surface area contributed by atoms with Crippen LogP contribution in [0.4, 0.5) is 17.3 Å². The van der Waals surface area contributed by atoms with Gasteiger partial charge in [0.25, 0.3) is 5.91 Å². The minimum absolute atomic E-state index is 0.248. The predicted octanol–water partition coefficient (Wildman–Crippen LogP) is 6.20. The van der Waals surface area contributed by atoms with Crippen molar-refractivity contribution >= 4 is 51.6 Å². The summed E-state index contributed by atoms with van der Waals surface area (Å²) in [5.41, 5.74) is 3.76. The Bertz CT molecular complexity index is 1590. The molecule has 2 N–H and O–H groups in total. The van der Waals surface area contributed by atoms with Gasteiger partial charge < -0.3 is 20.1 Å². The van der Waals surface area contributed by atoms with Crippen LogP contribution in [-0.4, -0.2) is 40.1 Å². The van der Waals surface area contributed by atoms with Gasteiger partial charge in [-0.3, -0.25) is 9.59 Å². The third-order valence-corrected chi connectivity index (χ3v) is 7.16. The number of pyridine rings is 2. The zero-order chi connectivity index (χ0) is 27.7. The number of carboxylic acids is 1. The Balaban J connectivity index is 1.36. The maximum atomic E-state index is 13.2. The first kappa shape index (κ1) is 26.4. The van der Waals surface area contributed by atoms with Crippen LogP contribution in [0.5, 0.6) is 5.75 Å². The van der Waals surface area contributed by atoms with Crippen LogP contribution in [0.15, 0.2) is 54.7 Å². The highest BCUT2D eigenvalue weighted by atomic mass is 35.5. The number of nitrogens with zero attached hydrogens (tertiary/aromatic N) is 3. The molecule has 9 heteroatoms. The molecule has 0 spiro atoms. The van der Waals surface area contributed by atoms with Gasteiger partial charge in [-0.05, 0) is 60.5 Å². The van der Waals surface area contributed by atoms with E-state index >= 15 is 0 Å². The molecule has 0 saturated heterocycles. The fraction of sp³-hybridized carbons (Fsp3) is 0.267. The van der Waals surface area contributed by atoms with E-state index in [9.17, 15) is 14.7 Å². The van der Waals surface area contributed by atoms with Crippen molar-refractivity contribution in [2.24, 2.45) is 5.92 Å². The molecular weight excluding hydrogens is 516 g/mol. The van der Waals surface area contributed by atoms with E-state index in [1.807, 2.05) is 61.2 Å². The number of carbonyl (C=O) groups excluding carboxylic acids is 1. The molecule has 3 heterocycles. The number of nitrogens with one attached hydrogen (secondary N) is 1. The number of aliphatic carboxylic acids is 1. The lowest BCUT2D eigenvalue weighted by molar-refractivity contribution is -0.141. The number of hydrogen-bond donors (Lipinski definition) is 2. The zero-order valence-electron chi connectivity index (χ0n) is 22.0. The highest BCUT2D eigenvalue weighted by molar-refractivity contribution is 6.30. The van der Waals surface area contributed by atoms with E-state index in [0.717, 1.165) is 33.2 Å². The first-order chi connectivity index (χ1) is 18.8. The van der Waals surface area contributed by atoms with E-state index in [-0.39, 0.29) is 5.91 Å². The molecule has 1 aliphatic heterocycles. The largest absolute Gasteiger partial charge is 0.493 e. The molecule has 1 amide bonds. The van der Waals surface area contributed by atoms with Gasteiger partial charge in [0.1, 0.15) is 16.7 Å². The van der Waals surface area contributed by atoms with E-state index in [1.54, 1.807) is 19.2 Å². The van der Waals surface area contributed by atoms with Gasteiger partial charge in [-0.1, -0.05) is 48.9 Å². The SMILES string of the molecule is CCN1c2ncc(CCOc3ccc(CC(C)C(=O)O)c4ccccc34)cc2C(=O)Nc2c(C)cc(Cl)nc21. The highest BCUT2D eigenvalue weighted by Gasteiger charge is 2.28. The van der Waals surface area contributed by atoms with Gasteiger partial charge >= 0.3 is 5.97 Å². The monoisotopic (exact) mass is 544 g/mol. The summed E-state index contributed by atoms with van der Waals surface area (Å²) in [6.07, 6.45) is 2.75. The Morgan fingerprint density at radius 1 is 1.15 bits per heavy atom. The molecule has 5 rings (SSSR count). The summed E-state index contributed by atoms with van der Waals surface area (Å²) < 4.78 is 6.17. The molecule has 200 valence electrons. The van der Waals surface area contributed by atoms with Crippen molar-refractivity contribution in [2.45, 2.75) is 33.6 Å². The number of halogens is 1. The number of benzene rings is 2. The van der Waals surface area contributed by atoms with E-state index in [2.05, 4.69) is 15.3 Å². The van der Waals surface area contributed by atoms with Gasteiger partial charge in [0.2, 0.25) is 0 Å². The van der Waals surface area contributed by atoms with Crippen LogP contribution in [0, 0.1) is 12.8 Å². The van der Waals surface area contributed by atoms with Crippen LogP contribution in [0.1, 0.15) is 40.9 Å². The third-order valence-electron chi connectivity index (χ3n) is 6.97. The van der Waals surface area contributed by atoms with Crippen LogP contribution in [-0.2, 0) is 17.6 Å². The van der Waals surface area contributed by atoms with Crippen molar-refractivity contribution in [3.63, 3.8) is 0 Å². The van der Waals surface area contributed by atoms with Gasteiger partial charge in [-0.2, -0.15) is 0 Å². The van der Waals surface area contributed by atoms with E-state index in [4.69, 9.17) is 16.3 Å². The quantitative estimate of drug-likeness (QED) is 0.254. The summed E-state index contributed by atoms with van der Waals surface area (Å²) in [6, 6.07) is 15.3. The van der Waals surface area contributed by atoms with Crippen molar-refractivity contribution in [2.75, 3.05) is 23.4 Å². The molecule has 1 atom stereocenters. The topological polar surface area (TPSA) is 105 Å². The molecule has 0 fully saturated rings. The van der Waals surface area contributed by atoms with Crippen molar-refractivity contribution in [3.8, 4) is 5.75 Å². The number of fused-ring (bicyclic) bond motifs is 3. The van der Waals surface area contributed by atoms with Gasteiger partial charge in [-0.25, -0.2) is 9.97 Å². The number of anilines is 3. The Morgan fingerprint density at radius 2 is 1.92 bits per heavy atom. The number of carboxylic acid groups (broad SMARTS) is 1. The maximum absolute atomic E-state index is 13.2. The van der Waals surface area contributed by atoms with E-state index in [0.29, 0.717) is 54.0 Å². The number of amides is 1. The Morgan fingerprint density at radius 3 is 2.67 bits per heavy atom. The van der Waals surface area contributed by atoms with Crippen LogP contribution in [0.2, 0.25) is 5.15 Å². The molecule has 0 aliphatic carbocycles. The molecule has 0 bridgehead atoms. The summed E-state index contributed by atoms with van der Waals surface area (Å²) in [4.78, 5) is 35.6. The number of hydrogen-bond acceptors (Lipinski definition) is 6. The highest BCUT2D eigenvalue weighted by Crippen LogP contribution is 2.38. The molecular formula is C30H29ClN4O4. The first-order valence-electron chi connectivity index (χ1n) is 12.9.